The summed E-state index contributed by atoms with van der Waals surface area (Å²) in [6.07, 6.45) is 0. The summed E-state index contributed by atoms with van der Waals surface area (Å²) in [6, 6.07) is 7.73. The predicted molar refractivity (Wildman–Crippen MR) is 72.3 cm³/mol. The van der Waals surface area contributed by atoms with Gasteiger partial charge in [-0.2, -0.15) is 5.26 Å². The first-order valence-electron chi connectivity index (χ1n) is 6.30. The molecule has 1 aromatic rings. The second-order valence-electron chi connectivity index (χ2n) is 4.99. The van der Waals surface area contributed by atoms with Gasteiger partial charge in [-0.05, 0) is 17.7 Å². The molecule has 0 heterocycles. The summed E-state index contributed by atoms with van der Waals surface area (Å²) in [5.74, 6) is -0.876. The van der Waals surface area contributed by atoms with Crippen molar-refractivity contribution in [3.8, 4) is 6.07 Å². The summed E-state index contributed by atoms with van der Waals surface area (Å²) in [5.41, 5.74) is -0.409. The average molecular weight is 297 g/mol. The Morgan fingerprint density at radius 2 is 2.00 bits per heavy atom. The molecule has 0 aliphatic heterocycles. The second kappa shape index (κ2) is 5.15. The van der Waals surface area contributed by atoms with Gasteiger partial charge in [-0.3, -0.25) is 0 Å². The number of rotatable bonds is 5. The van der Waals surface area contributed by atoms with E-state index in [1.54, 1.807) is 6.92 Å². The van der Waals surface area contributed by atoms with Gasteiger partial charge >= 0.3 is 0 Å². The molecule has 0 aromatic heterocycles. The first-order valence-corrected chi connectivity index (χ1v) is 8.01. The van der Waals surface area contributed by atoms with Crippen LogP contribution in [0.5, 0.6) is 0 Å². The number of methoxy groups -OCH3 is 1. The van der Waals surface area contributed by atoms with E-state index < -0.39 is 32.2 Å². The number of hydrogen-bond donors (Lipinski definition) is 0. The lowest BCUT2D eigenvalue weighted by Gasteiger charge is -2.07. The van der Waals surface area contributed by atoms with Crippen LogP contribution in [0.4, 0.5) is 4.39 Å². The highest BCUT2D eigenvalue weighted by atomic mass is 32.2. The second-order valence-corrected chi connectivity index (χ2v) is 7.40. The third-order valence-corrected chi connectivity index (χ3v) is 6.14. The fourth-order valence-corrected chi connectivity index (χ4v) is 4.83. The molecule has 0 radical (unpaired) electrons. The maximum absolute atomic E-state index is 13.0. The van der Waals surface area contributed by atoms with Gasteiger partial charge in [0.1, 0.15) is 11.2 Å². The van der Waals surface area contributed by atoms with Crippen LogP contribution in [0.25, 0.3) is 0 Å². The molecule has 1 aliphatic carbocycles. The van der Waals surface area contributed by atoms with Gasteiger partial charge in [-0.15, -0.1) is 0 Å². The molecule has 1 aromatic carbocycles. The van der Waals surface area contributed by atoms with E-state index in [1.807, 2.05) is 0 Å². The lowest BCUT2D eigenvalue weighted by atomic mass is 10.0. The highest BCUT2D eigenvalue weighted by Gasteiger charge is 2.71. The highest BCUT2D eigenvalue weighted by Crippen LogP contribution is 2.62. The molecule has 0 saturated heterocycles. The number of halogens is 1. The van der Waals surface area contributed by atoms with Crippen LogP contribution < -0.4 is 0 Å². The molecule has 4 nitrogen and oxygen atoms in total. The number of benzene rings is 1. The van der Waals surface area contributed by atoms with Gasteiger partial charge in [0.15, 0.2) is 9.84 Å². The van der Waals surface area contributed by atoms with Crippen LogP contribution in [0.2, 0.25) is 0 Å². The zero-order valence-corrected chi connectivity index (χ0v) is 12.2. The summed E-state index contributed by atoms with van der Waals surface area (Å²) in [7, 11) is -1.93. The van der Waals surface area contributed by atoms with Crippen molar-refractivity contribution >= 4 is 9.84 Å². The van der Waals surface area contributed by atoms with Crippen molar-refractivity contribution < 1.29 is 17.5 Å². The van der Waals surface area contributed by atoms with E-state index in [2.05, 4.69) is 6.07 Å². The van der Waals surface area contributed by atoms with Crippen LogP contribution in [0.3, 0.4) is 0 Å². The maximum Gasteiger partial charge on any atom is 0.155 e. The Balaban J connectivity index is 2.45. The standard InChI is InChI=1S/C14H16FNO3S/c1-3-20(17,18)13-12(14(13,8-16)9-19-2)10-4-6-11(15)7-5-10/h4-7,12-13H,3,9H2,1-2H3/t12-,13-,14-/m1/s1. The highest BCUT2D eigenvalue weighted by molar-refractivity contribution is 7.92. The third kappa shape index (κ3) is 2.21. The Morgan fingerprint density at radius 3 is 2.45 bits per heavy atom. The van der Waals surface area contributed by atoms with Crippen molar-refractivity contribution in [3.63, 3.8) is 0 Å². The molecule has 0 bridgehead atoms. The minimum absolute atomic E-state index is 0.0253. The Bertz CT molecular complexity index is 635. The largest absolute Gasteiger partial charge is 0.383 e. The van der Waals surface area contributed by atoms with Gasteiger partial charge in [0.25, 0.3) is 0 Å². The van der Waals surface area contributed by atoms with Gasteiger partial charge in [-0.25, -0.2) is 12.8 Å². The third-order valence-electron chi connectivity index (χ3n) is 3.87. The molecular formula is C14H16FNO3S. The van der Waals surface area contributed by atoms with E-state index in [0.717, 1.165) is 0 Å². The monoisotopic (exact) mass is 297 g/mol. The normalized spacial score (nSPS) is 28.9. The lowest BCUT2D eigenvalue weighted by Crippen LogP contribution is -2.20. The van der Waals surface area contributed by atoms with Crippen molar-refractivity contribution in [1.29, 1.82) is 5.26 Å². The quantitative estimate of drug-likeness (QED) is 0.832. The van der Waals surface area contributed by atoms with Gasteiger partial charge < -0.3 is 4.74 Å². The molecule has 2 rings (SSSR count). The zero-order valence-electron chi connectivity index (χ0n) is 11.3. The summed E-state index contributed by atoms with van der Waals surface area (Å²) in [5, 5.41) is 8.65. The van der Waals surface area contributed by atoms with Gasteiger partial charge in [0, 0.05) is 18.8 Å². The summed E-state index contributed by atoms with van der Waals surface area (Å²) < 4.78 is 42.4. The van der Waals surface area contributed by atoms with Crippen molar-refractivity contribution in [2.24, 2.45) is 5.41 Å². The van der Waals surface area contributed by atoms with E-state index in [1.165, 1.54) is 31.4 Å². The van der Waals surface area contributed by atoms with Crippen molar-refractivity contribution in [2.45, 2.75) is 18.1 Å². The molecule has 108 valence electrons. The summed E-state index contributed by atoms with van der Waals surface area (Å²) >= 11 is 0. The molecule has 1 aliphatic rings. The summed E-state index contributed by atoms with van der Waals surface area (Å²) in [4.78, 5) is 0. The smallest absolute Gasteiger partial charge is 0.155 e. The zero-order chi connectivity index (χ0) is 15.0. The first-order chi connectivity index (χ1) is 9.43. The Hall–Kier alpha value is -1.45. The lowest BCUT2D eigenvalue weighted by molar-refractivity contribution is 0.162. The van der Waals surface area contributed by atoms with Crippen molar-refractivity contribution in [2.75, 3.05) is 19.5 Å². The average Bonchev–Trinajstić information content (AvgIpc) is 3.10. The number of nitriles is 1. The van der Waals surface area contributed by atoms with Crippen LogP contribution in [0, 0.1) is 22.6 Å². The number of hydrogen-bond acceptors (Lipinski definition) is 4. The van der Waals surface area contributed by atoms with Gasteiger partial charge in [0.05, 0.1) is 17.9 Å². The van der Waals surface area contributed by atoms with Crippen LogP contribution in [0.1, 0.15) is 18.4 Å². The summed E-state index contributed by atoms with van der Waals surface area (Å²) in [6.45, 7) is 1.61. The van der Waals surface area contributed by atoms with E-state index >= 15 is 0 Å². The van der Waals surface area contributed by atoms with E-state index in [0.29, 0.717) is 5.56 Å². The fraction of sp³-hybridized carbons (Fsp3) is 0.500. The minimum atomic E-state index is -3.37. The van der Waals surface area contributed by atoms with E-state index in [4.69, 9.17) is 4.74 Å². The molecule has 1 saturated carbocycles. The predicted octanol–water partition coefficient (Wildman–Crippen LogP) is 1.88. The minimum Gasteiger partial charge on any atom is -0.383 e. The van der Waals surface area contributed by atoms with Crippen LogP contribution >= 0.6 is 0 Å². The fourth-order valence-electron chi connectivity index (χ4n) is 2.83. The first kappa shape index (κ1) is 14.9. The Morgan fingerprint density at radius 1 is 1.40 bits per heavy atom. The number of ether oxygens (including phenoxy) is 1. The van der Waals surface area contributed by atoms with Crippen LogP contribution in [0.15, 0.2) is 24.3 Å². The van der Waals surface area contributed by atoms with Crippen LogP contribution in [-0.4, -0.2) is 33.1 Å². The van der Waals surface area contributed by atoms with Gasteiger partial charge in [-0.1, -0.05) is 19.1 Å². The molecule has 20 heavy (non-hydrogen) atoms. The molecule has 1 fully saturated rings. The molecule has 0 spiro atoms. The van der Waals surface area contributed by atoms with E-state index in [9.17, 15) is 18.1 Å². The molecule has 0 unspecified atom stereocenters. The van der Waals surface area contributed by atoms with E-state index in [-0.39, 0.29) is 12.4 Å². The molecule has 0 amide bonds. The number of sulfone groups is 1. The van der Waals surface area contributed by atoms with Crippen molar-refractivity contribution in [3.05, 3.63) is 35.6 Å². The van der Waals surface area contributed by atoms with Crippen LogP contribution in [-0.2, 0) is 14.6 Å². The molecule has 3 atom stereocenters. The molecular weight excluding hydrogens is 281 g/mol. The SMILES string of the molecule is CCS(=O)(=O)[C@@H]1[C@@H](c2ccc(F)cc2)[C@@]1(C#N)COC. The Kier molecular flexibility index (Phi) is 3.85. The maximum atomic E-state index is 13.0. The molecule has 0 N–H and O–H groups in total. The Labute approximate surface area is 118 Å². The van der Waals surface area contributed by atoms with Crippen molar-refractivity contribution in [1.82, 2.24) is 0 Å². The number of nitrogens with zero attached hydrogens (tertiary/aromatic N) is 1. The topological polar surface area (TPSA) is 67.2 Å². The molecule has 6 heteroatoms. The van der Waals surface area contributed by atoms with Gasteiger partial charge in [0.2, 0.25) is 0 Å².